The van der Waals surface area contributed by atoms with Gasteiger partial charge in [-0.15, -0.1) is 0 Å². The number of hydrogen-bond acceptors (Lipinski definition) is 1. The van der Waals surface area contributed by atoms with Crippen molar-refractivity contribution in [1.82, 2.24) is 0 Å². The molecule has 0 bridgehead atoms. The second kappa shape index (κ2) is 5.47. The molecule has 0 aliphatic carbocycles. The summed E-state index contributed by atoms with van der Waals surface area (Å²) in [4.78, 5) is 0. The minimum Gasteiger partial charge on any atom is -0.382 e. The smallest absolute Gasteiger partial charge is 0.132 e. The molecule has 1 aliphatic rings. The predicted octanol–water partition coefficient (Wildman–Crippen LogP) is 4.61. The summed E-state index contributed by atoms with van der Waals surface area (Å²) in [6.07, 6.45) is 2.39. The molecule has 0 aromatic heterocycles. The van der Waals surface area contributed by atoms with Crippen molar-refractivity contribution < 1.29 is 8.78 Å². The highest BCUT2D eigenvalue weighted by Gasteiger charge is 2.16. The lowest BCUT2D eigenvalue weighted by atomic mass is 9.94. The lowest BCUT2D eigenvalue weighted by Crippen LogP contribution is -2.21. The minimum atomic E-state index is -0.470. The molecule has 2 aromatic carbocycles. The lowest BCUT2D eigenvalue weighted by Gasteiger charge is -2.24. The molecule has 1 unspecified atom stereocenters. The normalized spacial score (nSPS) is 17.2. The molecule has 1 N–H and O–H groups in total. The van der Waals surface area contributed by atoms with Gasteiger partial charge in [0.1, 0.15) is 11.6 Å². The first-order valence-corrected chi connectivity index (χ1v) is 7.36. The van der Waals surface area contributed by atoms with Gasteiger partial charge in [0, 0.05) is 23.7 Å². The van der Waals surface area contributed by atoms with Gasteiger partial charge in [-0.1, -0.05) is 18.2 Å². The molecular formula is C18H19F2N. The first-order valence-electron chi connectivity index (χ1n) is 7.36. The van der Waals surface area contributed by atoms with Gasteiger partial charge < -0.3 is 5.32 Å². The molecular weight excluding hydrogens is 268 g/mol. The Balaban J connectivity index is 1.91. The summed E-state index contributed by atoms with van der Waals surface area (Å²) in [5.41, 5.74) is 3.97. The Hall–Kier alpha value is -1.90. The molecule has 2 aromatic rings. The van der Waals surface area contributed by atoms with Crippen molar-refractivity contribution in [2.45, 2.75) is 39.2 Å². The highest BCUT2D eigenvalue weighted by atomic mass is 19.1. The van der Waals surface area contributed by atoms with Crippen molar-refractivity contribution in [3.05, 3.63) is 64.2 Å². The molecule has 3 rings (SSSR count). The summed E-state index contributed by atoms with van der Waals surface area (Å²) in [5, 5.41) is 3.43. The fraction of sp³-hybridized carbons (Fsp3) is 0.333. The van der Waals surface area contributed by atoms with E-state index in [1.165, 1.54) is 17.7 Å². The third kappa shape index (κ3) is 2.78. The van der Waals surface area contributed by atoms with Crippen LogP contribution in [0.5, 0.6) is 0 Å². The molecule has 0 spiro atoms. The number of rotatable bonds is 2. The average molecular weight is 287 g/mol. The van der Waals surface area contributed by atoms with E-state index in [1.54, 1.807) is 6.92 Å². The predicted molar refractivity (Wildman–Crippen MR) is 81.7 cm³/mol. The number of aryl methyl sites for hydroxylation is 2. The summed E-state index contributed by atoms with van der Waals surface area (Å²) in [6, 6.07) is 9.34. The van der Waals surface area contributed by atoms with Crippen LogP contribution in [0.4, 0.5) is 14.5 Å². The first kappa shape index (κ1) is 14.1. The summed E-state index contributed by atoms with van der Waals surface area (Å²) >= 11 is 0. The van der Waals surface area contributed by atoms with E-state index in [-0.39, 0.29) is 5.56 Å². The summed E-state index contributed by atoms with van der Waals surface area (Å²) < 4.78 is 27.9. The van der Waals surface area contributed by atoms with Crippen LogP contribution in [0.3, 0.4) is 0 Å². The van der Waals surface area contributed by atoms with Crippen LogP contribution in [0.1, 0.15) is 35.6 Å². The van der Waals surface area contributed by atoms with Crippen LogP contribution in [0.25, 0.3) is 0 Å². The molecule has 0 radical (unpaired) electrons. The number of fused-ring (bicyclic) bond motifs is 1. The maximum absolute atomic E-state index is 14.1. The van der Waals surface area contributed by atoms with E-state index >= 15 is 0 Å². The van der Waals surface area contributed by atoms with Gasteiger partial charge in [0.15, 0.2) is 0 Å². The standard InChI is InChI=1S/C18H19F2N/c1-11-3-7-16(19)15(18(11)20)10-13-5-8-17-14(9-13)6-4-12(2)21-17/h3,5,7-9,12,21H,4,6,10H2,1-2H3. The maximum atomic E-state index is 14.1. The van der Waals surface area contributed by atoms with E-state index < -0.39 is 11.6 Å². The Bertz CT molecular complexity index is 679. The number of anilines is 1. The number of halogens is 2. The quantitative estimate of drug-likeness (QED) is 0.850. The molecule has 0 fully saturated rings. The van der Waals surface area contributed by atoms with Gasteiger partial charge in [0.25, 0.3) is 0 Å². The lowest BCUT2D eigenvalue weighted by molar-refractivity contribution is 0.555. The molecule has 1 nitrogen and oxygen atoms in total. The van der Waals surface area contributed by atoms with Crippen LogP contribution in [0, 0.1) is 18.6 Å². The molecule has 1 heterocycles. The van der Waals surface area contributed by atoms with E-state index in [2.05, 4.69) is 18.3 Å². The van der Waals surface area contributed by atoms with Crippen molar-refractivity contribution in [3.8, 4) is 0 Å². The molecule has 3 heteroatoms. The van der Waals surface area contributed by atoms with Crippen molar-refractivity contribution in [2.24, 2.45) is 0 Å². The van der Waals surface area contributed by atoms with E-state index in [0.717, 1.165) is 24.1 Å². The topological polar surface area (TPSA) is 12.0 Å². The highest BCUT2D eigenvalue weighted by molar-refractivity contribution is 5.55. The number of hydrogen-bond donors (Lipinski definition) is 1. The SMILES string of the molecule is Cc1ccc(F)c(Cc2ccc3c(c2)CCC(C)N3)c1F. The summed E-state index contributed by atoms with van der Waals surface area (Å²) in [5.74, 6) is -0.901. The Morgan fingerprint density at radius 1 is 1.19 bits per heavy atom. The molecule has 1 aliphatic heterocycles. The first-order chi connectivity index (χ1) is 10.0. The van der Waals surface area contributed by atoms with E-state index in [1.807, 2.05) is 12.1 Å². The zero-order valence-electron chi connectivity index (χ0n) is 12.3. The van der Waals surface area contributed by atoms with Crippen LogP contribution in [-0.4, -0.2) is 6.04 Å². The summed E-state index contributed by atoms with van der Waals surface area (Å²) in [6.45, 7) is 3.82. The molecule has 1 atom stereocenters. The fourth-order valence-corrected chi connectivity index (χ4v) is 2.90. The van der Waals surface area contributed by atoms with Gasteiger partial charge in [0.05, 0.1) is 0 Å². The van der Waals surface area contributed by atoms with E-state index in [0.29, 0.717) is 18.0 Å². The number of benzene rings is 2. The van der Waals surface area contributed by atoms with E-state index in [4.69, 9.17) is 0 Å². The van der Waals surface area contributed by atoms with Gasteiger partial charge >= 0.3 is 0 Å². The van der Waals surface area contributed by atoms with Crippen LogP contribution >= 0.6 is 0 Å². The Morgan fingerprint density at radius 3 is 2.81 bits per heavy atom. The monoisotopic (exact) mass is 287 g/mol. The zero-order valence-corrected chi connectivity index (χ0v) is 12.3. The average Bonchev–Trinajstić information content (AvgIpc) is 2.48. The molecule has 0 saturated heterocycles. The van der Waals surface area contributed by atoms with Gasteiger partial charge in [-0.2, -0.15) is 0 Å². The van der Waals surface area contributed by atoms with Crippen molar-refractivity contribution in [1.29, 1.82) is 0 Å². The zero-order chi connectivity index (χ0) is 15.0. The summed E-state index contributed by atoms with van der Waals surface area (Å²) in [7, 11) is 0. The Kier molecular flexibility index (Phi) is 3.66. The largest absolute Gasteiger partial charge is 0.382 e. The van der Waals surface area contributed by atoms with Crippen LogP contribution < -0.4 is 5.32 Å². The van der Waals surface area contributed by atoms with Crippen LogP contribution in [-0.2, 0) is 12.8 Å². The van der Waals surface area contributed by atoms with Crippen LogP contribution in [0.15, 0.2) is 30.3 Å². The second-order valence-electron chi connectivity index (χ2n) is 5.91. The fourth-order valence-electron chi connectivity index (χ4n) is 2.90. The van der Waals surface area contributed by atoms with Crippen molar-refractivity contribution in [3.63, 3.8) is 0 Å². The van der Waals surface area contributed by atoms with Crippen LogP contribution in [0.2, 0.25) is 0 Å². The van der Waals surface area contributed by atoms with Gasteiger partial charge in [-0.05, 0) is 55.5 Å². The molecule has 110 valence electrons. The highest BCUT2D eigenvalue weighted by Crippen LogP contribution is 2.27. The molecule has 0 saturated carbocycles. The molecule has 0 amide bonds. The second-order valence-corrected chi connectivity index (χ2v) is 5.91. The van der Waals surface area contributed by atoms with Crippen molar-refractivity contribution in [2.75, 3.05) is 5.32 Å². The maximum Gasteiger partial charge on any atom is 0.132 e. The third-order valence-electron chi connectivity index (χ3n) is 4.18. The molecule has 21 heavy (non-hydrogen) atoms. The van der Waals surface area contributed by atoms with Gasteiger partial charge in [-0.25, -0.2) is 8.78 Å². The Morgan fingerprint density at radius 2 is 2.00 bits per heavy atom. The van der Waals surface area contributed by atoms with Crippen molar-refractivity contribution >= 4 is 5.69 Å². The Labute approximate surface area is 124 Å². The third-order valence-corrected chi connectivity index (χ3v) is 4.18. The van der Waals surface area contributed by atoms with E-state index in [9.17, 15) is 8.78 Å². The van der Waals surface area contributed by atoms with Gasteiger partial charge in [0.2, 0.25) is 0 Å². The minimum absolute atomic E-state index is 0.159. The van der Waals surface area contributed by atoms with Gasteiger partial charge in [-0.3, -0.25) is 0 Å². The number of nitrogens with one attached hydrogen (secondary N) is 1.